The van der Waals surface area contributed by atoms with Crippen LogP contribution in [0.4, 0.5) is 18.3 Å². The standard InChI is InChI=1S/C16H17F3N4OS/c17-16(18,19)12-3-1-2-11(8-12)14(24)23-6-4-22(5-7-23)10-13-9-21-15(20)25-13/h1-3,8-9H,4-7,10H2,(H2,20,21). The van der Waals surface area contributed by atoms with Crippen LogP contribution in [0, 0.1) is 0 Å². The molecule has 3 rings (SSSR count). The number of amides is 1. The van der Waals surface area contributed by atoms with E-state index in [1.165, 1.54) is 23.5 Å². The number of aromatic nitrogens is 1. The highest BCUT2D eigenvalue weighted by Crippen LogP contribution is 2.29. The summed E-state index contributed by atoms with van der Waals surface area (Å²) in [5.74, 6) is -0.368. The molecule has 2 heterocycles. The first-order valence-corrected chi connectivity index (χ1v) is 8.53. The van der Waals surface area contributed by atoms with Gasteiger partial charge in [0.05, 0.1) is 5.56 Å². The minimum Gasteiger partial charge on any atom is -0.375 e. The van der Waals surface area contributed by atoms with Crippen LogP contribution in [0.3, 0.4) is 0 Å². The second-order valence-electron chi connectivity index (χ2n) is 5.81. The van der Waals surface area contributed by atoms with E-state index in [0.717, 1.165) is 17.0 Å². The number of nitrogens with two attached hydrogens (primary N) is 1. The van der Waals surface area contributed by atoms with Crippen molar-refractivity contribution in [2.45, 2.75) is 12.7 Å². The van der Waals surface area contributed by atoms with Gasteiger partial charge in [0.15, 0.2) is 5.13 Å². The molecule has 2 aromatic rings. The number of piperazine rings is 1. The third kappa shape index (κ3) is 4.29. The van der Waals surface area contributed by atoms with Crippen molar-refractivity contribution in [1.29, 1.82) is 0 Å². The van der Waals surface area contributed by atoms with Gasteiger partial charge in [0.25, 0.3) is 5.91 Å². The molecule has 1 aromatic heterocycles. The molecule has 0 aliphatic carbocycles. The number of benzene rings is 1. The maximum Gasteiger partial charge on any atom is 0.416 e. The number of hydrogen-bond donors (Lipinski definition) is 1. The van der Waals surface area contributed by atoms with Gasteiger partial charge in [-0.25, -0.2) is 4.98 Å². The molecule has 2 N–H and O–H groups in total. The van der Waals surface area contributed by atoms with Crippen molar-refractivity contribution in [2.75, 3.05) is 31.9 Å². The molecule has 0 unspecified atom stereocenters. The summed E-state index contributed by atoms with van der Waals surface area (Å²) in [4.78, 5) is 21.3. The van der Waals surface area contributed by atoms with Gasteiger partial charge in [-0.3, -0.25) is 9.69 Å². The maximum atomic E-state index is 12.8. The van der Waals surface area contributed by atoms with E-state index in [4.69, 9.17) is 5.73 Å². The Morgan fingerprint density at radius 1 is 1.24 bits per heavy atom. The van der Waals surface area contributed by atoms with Crippen LogP contribution in [0.15, 0.2) is 30.5 Å². The van der Waals surface area contributed by atoms with Crippen molar-refractivity contribution >= 4 is 22.4 Å². The highest BCUT2D eigenvalue weighted by molar-refractivity contribution is 7.15. The van der Waals surface area contributed by atoms with Crippen LogP contribution in [0.5, 0.6) is 0 Å². The fourth-order valence-corrected chi connectivity index (χ4v) is 3.46. The fraction of sp³-hybridized carbons (Fsp3) is 0.375. The predicted molar refractivity (Wildman–Crippen MR) is 89.2 cm³/mol. The van der Waals surface area contributed by atoms with E-state index in [1.807, 2.05) is 0 Å². The summed E-state index contributed by atoms with van der Waals surface area (Å²) < 4.78 is 38.4. The monoisotopic (exact) mass is 370 g/mol. The van der Waals surface area contributed by atoms with Crippen molar-refractivity contribution < 1.29 is 18.0 Å². The molecule has 0 saturated carbocycles. The minimum absolute atomic E-state index is 0.0681. The normalized spacial score (nSPS) is 16.2. The Labute approximate surface area is 146 Å². The Morgan fingerprint density at radius 3 is 2.56 bits per heavy atom. The van der Waals surface area contributed by atoms with Crippen molar-refractivity contribution in [1.82, 2.24) is 14.8 Å². The number of carbonyl (C=O) groups is 1. The second kappa shape index (κ2) is 7.01. The van der Waals surface area contributed by atoms with Crippen LogP contribution < -0.4 is 5.73 Å². The largest absolute Gasteiger partial charge is 0.416 e. The molecular formula is C16H17F3N4OS. The molecule has 1 aliphatic heterocycles. The van der Waals surface area contributed by atoms with Gasteiger partial charge in [-0.1, -0.05) is 6.07 Å². The van der Waals surface area contributed by atoms with Crippen molar-refractivity contribution in [2.24, 2.45) is 0 Å². The summed E-state index contributed by atoms with van der Waals surface area (Å²) in [6.07, 6.45) is -2.72. The third-order valence-corrected chi connectivity index (χ3v) is 4.86. The summed E-state index contributed by atoms with van der Waals surface area (Å²) >= 11 is 1.43. The number of alkyl halides is 3. The first-order chi connectivity index (χ1) is 11.8. The maximum absolute atomic E-state index is 12.8. The number of nitrogens with zero attached hydrogens (tertiary/aromatic N) is 3. The first-order valence-electron chi connectivity index (χ1n) is 7.72. The summed E-state index contributed by atoms with van der Waals surface area (Å²) in [6.45, 7) is 2.97. The van der Waals surface area contributed by atoms with E-state index in [0.29, 0.717) is 37.9 Å². The Morgan fingerprint density at radius 2 is 1.96 bits per heavy atom. The first kappa shape index (κ1) is 17.7. The summed E-state index contributed by atoms with van der Waals surface area (Å²) in [5, 5.41) is 0.522. The lowest BCUT2D eigenvalue weighted by atomic mass is 10.1. The van der Waals surface area contributed by atoms with Crippen molar-refractivity contribution in [3.8, 4) is 0 Å². The number of carbonyl (C=O) groups excluding carboxylic acids is 1. The molecule has 1 saturated heterocycles. The van der Waals surface area contributed by atoms with E-state index in [2.05, 4.69) is 9.88 Å². The van der Waals surface area contributed by atoms with Gasteiger partial charge in [0.1, 0.15) is 0 Å². The van der Waals surface area contributed by atoms with Crippen LogP contribution >= 0.6 is 11.3 Å². The van der Waals surface area contributed by atoms with E-state index >= 15 is 0 Å². The van der Waals surface area contributed by atoms with Gasteiger partial charge < -0.3 is 10.6 Å². The Kier molecular flexibility index (Phi) is 4.96. The average Bonchev–Trinajstić information content (AvgIpc) is 2.99. The Hall–Kier alpha value is -2.13. The summed E-state index contributed by atoms with van der Waals surface area (Å²) in [7, 11) is 0. The van der Waals surface area contributed by atoms with Crippen LogP contribution in [-0.4, -0.2) is 46.9 Å². The molecule has 5 nitrogen and oxygen atoms in total. The van der Waals surface area contributed by atoms with Gasteiger partial charge >= 0.3 is 6.18 Å². The third-order valence-electron chi connectivity index (χ3n) is 4.05. The molecule has 1 amide bonds. The van der Waals surface area contributed by atoms with Crippen LogP contribution in [0.2, 0.25) is 0 Å². The average molecular weight is 370 g/mol. The minimum atomic E-state index is -4.45. The lowest BCUT2D eigenvalue weighted by Crippen LogP contribution is -2.48. The molecule has 1 aliphatic rings. The second-order valence-corrected chi connectivity index (χ2v) is 6.96. The fourth-order valence-electron chi connectivity index (χ4n) is 2.74. The number of rotatable bonds is 3. The molecule has 1 aromatic carbocycles. The Balaban J connectivity index is 1.60. The quantitative estimate of drug-likeness (QED) is 0.902. The van der Waals surface area contributed by atoms with Gasteiger partial charge in [0, 0.05) is 49.4 Å². The van der Waals surface area contributed by atoms with Crippen molar-refractivity contribution in [3.63, 3.8) is 0 Å². The molecule has 0 bridgehead atoms. The Bertz CT molecular complexity index is 754. The van der Waals surface area contributed by atoms with Gasteiger partial charge in [-0.05, 0) is 18.2 Å². The zero-order valence-corrected chi connectivity index (χ0v) is 14.1. The topological polar surface area (TPSA) is 62.5 Å². The molecule has 0 radical (unpaired) electrons. The zero-order valence-electron chi connectivity index (χ0n) is 13.3. The summed E-state index contributed by atoms with van der Waals surface area (Å²) in [5.41, 5.74) is 4.87. The number of thiazole rings is 1. The number of halogens is 3. The number of nitrogen functional groups attached to an aromatic ring is 1. The van der Waals surface area contributed by atoms with Gasteiger partial charge in [0.2, 0.25) is 0 Å². The lowest BCUT2D eigenvalue weighted by molar-refractivity contribution is -0.137. The molecule has 9 heteroatoms. The molecule has 0 atom stereocenters. The van der Waals surface area contributed by atoms with E-state index in [1.54, 1.807) is 11.1 Å². The molecule has 25 heavy (non-hydrogen) atoms. The number of anilines is 1. The van der Waals surface area contributed by atoms with E-state index in [9.17, 15) is 18.0 Å². The summed E-state index contributed by atoms with van der Waals surface area (Å²) in [6, 6.07) is 4.56. The highest BCUT2D eigenvalue weighted by atomic mass is 32.1. The van der Waals surface area contributed by atoms with Gasteiger partial charge in [-0.15, -0.1) is 11.3 Å². The lowest BCUT2D eigenvalue weighted by Gasteiger charge is -2.34. The van der Waals surface area contributed by atoms with E-state index in [-0.39, 0.29) is 11.5 Å². The van der Waals surface area contributed by atoms with E-state index < -0.39 is 11.7 Å². The molecular weight excluding hydrogens is 353 g/mol. The van der Waals surface area contributed by atoms with Gasteiger partial charge in [-0.2, -0.15) is 13.2 Å². The zero-order chi connectivity index (χ0) is 18.0. The number of hydrogen-bond acceptors (Lipinski definition) is 5. The van der Waals surface area contributed by atoms with Crippen molar-refractivity contribution in [3.05, 3.63) is 46.5 Å². The smallest absolute Gasteiger partial charge is 0.375 e. The molecule has 1 fully saturated rings. The predicted octanol–water partition coefficient (Wildman–Crippen LogP) is 2.70. The SMILES string of the molecule is Nc1ncc(CN2CCN(C(=O)c3cccc(C(F)(F)F)c3)CC2)s1. The van der Waals surface area contributed by atoms with Crippen LogP contribution in [0.1, 0.15) is 20.8 Å². The molecule has 134 valence electrons. The van der Waals surface area contributed by atoms with Crippen LogP contribution in [0.25, 0.3) is 0 Å². The highest BCUT2D eigenvalue weighted by Gasteiger charge is 2.31. The molecule has 0 spiro atoms. The van der Waals surface area contributed by atoms with Crippen LogP contribution in [-0.2, 0) is 12.7 Å².